The molecule has 2 atom stereocenters. The van der Waals surface area contributed by atoms with Crippen molar-refractivity contribution in [2.24, 2.45) is 5.92 Å². The van der Waals surface area contributed by atoms with Gasteiger partial charge in [0.05, 0.1) is 13.3 Å². The Balaban J connectivity index is 1.72. The maximum absolute atomic E-state index is 13.1. The van der Waals surface area contributed by atoms with Crippen LogP contribution in [0.2, 0.25) is 0 Å². The van der Waals surface area contributed by atoms with Gasteiger partial charge >= 0.3 is 0 Å². The first kappa shape index (κ1) is 20.8. The van der Waals surface area contributed by atoms with Crippen LogP contribution >= 0.6 is 0 Å². The lowest BCUT2D eigenvalue weighted by Gasteiger charge is -2.38. The van der Waals surface area contributed by atoms with Gasteiger partial charge in [0.15, 0.2) is 0 Å². The van der Waals surface area contributed by atoms with Crippen LogP contribution in [-0.4, -0.2) is 37.3 Å². The lowest BCUT2D eigenvalue weighted by molar-refractivity contribution is -0.0165. The Labute approximate surface area is 179 Å². The van der Waals surface area contributed by atoms with Gasteiger partial charge in [0.25, 0.3) is 0 Å². The molecule has 3 aromatic rings. The molecule has 1 heterocycles. The minimum absolute atomic E-state index is 0.162. The fourth-order valence-electron chi connectivity index (χ4n) is 4.51. The normalized spacial score (nSPS) is 18.4. The lowest BCUT2D eigenvalue weighted by atomic mass is 9.80. The number of rotatable bonds is 8. The van der Waals surface area contributed by atoms with E-state index in [1.807, 2.05) is 18.2 Å². The molecule has 0 saturated carbocycles. The van der Waals surface area contributed by atoms with Crippen LogP contribution in [0.15, 0.2) is 91.0 Å². The summed E-state index contributed by atoms with van der Waals surface area (Å²) < 4.78 is 20.0. The van der Waals surface area contributed by atoms with Gasteiger partial charge in [-0.15, -0.1) is 0 Å². The summed E-state index contributed by atoms with van der Waals surface area (Å²) in [5.74, 6) is 0.162. The average molecular weight is 404 g/mol. The SMILES string of the molecule is CC(COC(c1ccccc1)(c1ccccc1)c1ccccc1)N1CC[C@@H](CF)C1. The Morgan fingerprint density at radius 3 is 1.73 bits per heavy atom. The third-order valence-electron chi connectivity index (χ3n) is 6.24. The minimum Gasteiger partial charge on any atom is -0.359 e. The maximum Gasteiger partial charge on any atom is 0.143 e. The van der Waals surface area contributed by atoms with Gasteiger partial charge < -0.3 is 4.74 Å². The molecule has 0 bridgehead atoms. The molecule has 30 heavy (non-hydrogen) atoms. The molecular formula is C27H30FNO. The number of likely N-dealkylation sites (tertiary alicyclic amines) is 1. The molecule has 3 aromatic carbocycles. The van der Waals surface area contributed by atoms with E-state index in [-0.39, 0.29) is 18.6 Å². The molecular weight excluding hydrogens is 373 g/mol. The van der Waals surface area contributed by atoms with Crippen molar-refractivity contribution >= 4 is 0 Å². The van der Waals surface area contributed by atoms with Crippen LogP contribution in [0.3, 0.4) is 0 Å². The van der Waals surface area contributed by atoms with Crippen LogP contribution in [0, 0.1) is 5.92 Å². The highest BCUT2D eigenvalue weighted by molar-refractivity contribution is 5.47. The first-order valence-electron chi connectivity index (χ1n) is 10.8. The van der Waals surface area contributed by atoms with E-state index >= 15 is 0 Å². The molecule has 1 fully saturated rings. The van der Waals surface area contributed by atoms with E-state index in [2.05, 4.69) is 84.6 Å². The van der Waals surface area contributed by atoms with Crippen LogP contribution in [0.5, 0.6) is 0 Å². The standard InChI is InChI=1S/C27H30FNO/c1-22(29-18-17-23(19-28)20-29)21-30-27(24-11-5-2-6-12-24,25-13-7-3-8-14-25)26-15-9-4-10-16-26/h2-16,22-23H,17-21H2,1H3/t22?,23-/m0/s1. The minimum atomic E-state index is -0.697. The Bertz CT molecular complexity index is 803. The van der Waals surface area contributed by atoms with E-state index in [1.165, 1.54) is 0 Å². The van der Waals surface area contributed by atoms with Gasteiger partial charge in [0, 0.05) is 18.5 Å². The van der Waals surface area contributed by atoms with Crippen molar-refractivity contribution in [3.05, 3.63) is 108 Å². The van der Waals surface area contributed by atoms with Gasteiger partial charge in [-0.1, -0.05) is 91.0 Å². The summed E-state index contributed by atoms with van der Waals surface area (Å²) in [5, 5.41) is 0. The van der Waals surface area contributed by atoms with E-state index in [0.717, 1.165) is 36.2 Å². The summed E-state index contributed by atoms with van der Waals surface area (Å²) in [7, 11) is 0. The van der Waals surface area contributed by atoms with E-state index in [4.69, 9.17) is 4.74 Å². The highest BCUT2D eigenvalue weighted by atomic mass is 19.1. The summed E-state index contributed by atoms with van der Waals surface area (Å²) in [4.78, 5) is 2.36. The van der Waals surface area contributed by atoms with Crippen molar-refractivity contribution in [3.63, 3.8) is 0 Å². The Morgan fingerprint density at radius 1 is 0.867 bits per heavy atom. The van der Waals surface area contributed by atoms with Crippen LogP contribution in [-0.2, 0) is 10.3 Å². The number of benzene rings is 3. The van der Waals surface area contributed by atoms with E-state index in [9.17, 15) is 4.39 Å². The molecule has 0 N–H and O–H groups in total. The predicted molar refractivity (Wildman–Crippen MR) is 120 cm³/mol. The van der Waals surface area contributed by atoms with Crippen LogP contribution in [0.4, 0.5) is 4.39 Å². The maximum atomic E-state index is 13.1. The Hall–Kier alpha value is -2.49. The van der Waals surface area contributed by atoms with Crippen molar-refractivity contribution in [1.29, 1.82) is 0 Å². The molecule has 156 valence electrons. The van der Waals surface area contributed by atoms with Gasteiger partial charge in [-0.25, -0.2) is 0 Å². The lowest BCUT2D eigenvalue weighted by Crippen LogP contribution is -2.40. The molecule has 1 saturated heterocycles. The highest BCUT2D eigenvalue weighted by Gasteiger charge is 2.38. The number of halogens is 1. The smallest absolute Gasteiger partial charge is 0.143 e. The summed E-state index contributed by atoms with van der Waals surface area (Å²) >= 11 is 0. The molecule has 0 spiro atoms. The van der Waals surface area contributed by atoms with Gasteiger partial charge in [-0.05, 0) is 36.6 Å². The Morgan fingerprint density at radius 2 is 1.33 bits per heavy atom. The van der Waals surface area contributed by atoms with Gasteiger partial charge in [0.2, 0.25) is 0 Å². The van der Waals surface area contributed by atoms with Crippen LogP contribution < -0.4 is 0 Å². The molecule has 3 heteroatoms. The summed E-state index contributed by atoms with van der Waals surface area (Å²) in [6.07, 6.45) is 0.933. The first-order chi connectivity index (χ1) is 14.7. The van der Waals surface area contributed by atoms with Gasteiger partial charge in [-0.3, -0.25) is 9.29 Å². The van der Waals surface area contributed by atoms with Crippen molar-refractivity contribution in [1.82, 2.24) is 4.90 Å². The molecule has 0 aliphatic carbocycles. The molecule has 0 amide bonds. The third kappa shape index (κ3) is 4.19. The highest BCUT2D eigenvalue weighted by Crippen LogP contribution is 2.40. The molecule has 0 aromatic heterocycles. The van der Waals surface area contributed by atoms with Crippen molar-refractivity contribution in [3.8, 4) is 0 Å². The van der Waals surface area contributed by atoms with Crippen LogP contribution in [0.1, 0.15) is 30.0 Å². The fraction of sp³-hybridized carbons (Fsp3) is 0.333. The van der Waals surface area contributed by atoms with E-state index in [1.54, 1.807) is 0 Å². The quantitative estimate of drug-likeness (QED) is 0.449. The van der Waals surface area contributed by atoms with Gasteiger partial charge in [0.1, 0.15) is 5.60 Å². The fourth-order valence-corrected chi connectivity index (χ4v) is 4.51. The monoisotopic (exact) mass is 403 g/mol. The molecule has 0 radical (unpaired) electrons. The molecule has 1 aliphatic heterocycles. The number of hydrogen-bond donors (Lipinski definition) is 0. The molecule has 4 rings (SSSR count). The summed E-state index contributed by atoms with van der Waals surface area (Å²) in [5.41, 5.74) is 2.63. The molecule has 1 aliphatic rings. The predicted octanol–water partition coefficient (Wildman–Crippen LogP) is 5.68. The zero-order valence-electron chi connectivity index (χ0n) is 17.6. The largest absolute Gasteiger partial charge is 0.359 e. The third-order valence-corrected chi connectivity index (χ3v) is 6.24. The number of ether oxygens (including phenoxy) is 1. The van der Waals surface area contributed by atoms with Gasteiger partial charge in [-0.2, -0.15) is 0 Å². The number of nitrogens with zero attached hydrogens (tertiary/aromatic N) is 1. The average Bonchev–Trinajstić information content (AvgIpc) is 3.31. The molecule has 1 unspecified atom stereocenters. The van der Waals surface area contributed by atoms with Crippen molar-refractivity contribution < 1.29 is 9.13 Å². The molecule has 2 nitrogen and oxygen atoms in total. The second kappa shape index (κ2) is 9.55. The van der Waals surface area contributed by atoms with E-state index in [0.29, 0.717) is 6.61 Å². The second-order valence-electron chi connectivity index (χ2n) is 8.24. The summed E-state index contributed by atoms with van der Waals surface area (Å²) in [6.45, 7) is 4.28. The second-order valence-corrected chi connectivity index (χ2v) is 8.24. The zero-order valence-corrected chi connectivity index (χ0v) is 17.6. The zero-order chi connectivity index (χ0) is 20.8. The Kier molecular flexibility index (Phi) is 6.61. The van der Waals surface area contributed by atoms with Crippen LogP contribution in [0.25, 0.3) is 0 Å². The first-order valence-corrected chi connectivity index (χ1v) is 10.8. The number of hydrogen-bond acceptors (Lipinski definition) is 2. The van der Waals surface area contributed by atoms with Crippen molar-refractivity contribution in [2.45, 2.75) is 25.0 Å². The summed E-state index contributed by atoms with van der Waals surface area (Å²) in [6, 6.07) is 31.5. The van der Waals surface area contributed by atoms with Crippen molar-refractivity contribution in [2.75, 3.05) is 26.4 Å². The topological polar surface area (TPSA) is 12.5 Å². The number of alkyl halides is 1. The van der Waals surface area contributed by atoms with E-state index < -0.39 is 5.60 Å².